The van der Waals surface area contributed by atoms with Crippen LogP contribution >= 0.6 is 11.6 Å². The second kappa shape index (κ2) is 12.5. The van der Waals surface area contributed by atoms with Crippen molar-refractivity contribution in [3.05, 3.63) is 83.1 Å². The lowest BCUT2D eigenvalue weighted by Gasteiger charge is -2.34. The Labute approximate surface area is 239 Å². The maximum absolute atomic E-state index is 12.3. The summed E-state index contributed by atoms with van der Waals surface area (Å²) in [6.45, 7) is 6.76. The molecule has 0 fully saturated rings. The van der Waals surface area contributed by atoms with Crippen molar-refractivity contribution in [2.75, 3.05) is 46.7 Å². The third-order valence-electron chi connectivity index (χ3n) is 6.76. The van der Waals surface area contributed by atoms with Gasteiger partial charge in [0, 0.05) is 42.4 Å². The van der Waals surface area contributed by atoms with E-state index in [0.717, 1.165) is 24.0 Å². The quantitative estimate of drug-likeness (QED) is 0.266. The molecule has 11 heteroatoms. The molecule has 2 N–H and O–H groups in total. The highest BCUT2D eigenvalue weighted by Crippen LogP contribution is 2.30. The van der Waals surface area contributed by atoms with Crippen molar-refractivity contribution in [3.63, 3.8) is 0 Å². The largest absolute Gasteiger partial charge is 0.499 e. The molecule has 40 heavy (non-hydrogen) atoms. The van der Waals surface area contributed by atoms with Crippen LogP contribution in [0.25, 0.3) is 16.7 Å². The maximum atomic E-state index is 12.3. The summed E-state index contributed by atoms with van der Waals surface area (Å²) in [4.78, 5) is 38.0. The van der Waals surface area contributed by atoms with Crippen LogP contribution in [0, 0.1) is 0 Å². The smallest absolute Gasteiger partial charge is 0.247 e. The van der Waals surface area contributed by atoms with Crippen LogP contribution in [-0.4, -0.2) is 83.4 Å². The summed E-state index contributed by atoms with van der Waals surface area (Å²) in [5.41, 5.74) is 2.68. The molecule has 1 aliphatic carbocycles. The zero-order chi connectivity index (χ0) is 29.0. The topological polar surface area (TPSA) is 105 Å². The van der Waals surface area contributed by atoms with Crippen molar-refractivity contribution in [2.45, 2.75) is 19.4 Å². The number of fused-ring (bicyclic) bond motifs is 1. The van der Waals surface area contributed by atoms with E-state index in [1.807, 2.05) is 51.5 Å². The number of carbonyl (C=O) groups is 2. The highest BCUT2D eigenvalue weighted by molar-refractivity contribution is 6.32. The molecule has 1 amide bonds. The minimum atomic E-state index is -0.303. The lowest BCUT2D eigenvalue weighted by Crippen LogP contribution is -2.44. The number of halogens is 1. The number of nitrogens with one attached hydrogen (secondary N) is 2. The maximum Gasteiger partial charge on any atom is 0.247 e. The standard InChI is InChI=1S/C29H34ClN7O3/c1-7-27(39)32-22-14-23(26(40-6)15-25(22)36(5)13-12-35(3)4)33-29-31-16-21(30)28(34-29)37-17-20(18(2)38)19-10-8-9-11-24(19)37/h7-11,14,16-17,25H,1,12-13,15H2,2-6H3,(H,32,39)(H,31,33,34). The Bertz CT molecular complexity index is 1510. The van der Waals surface area contributed by atoms with E-state index >= 15 is 0 Å². The van der Waals surface area contributed by atoms with E-state index in [2.05, 4.69) is 32.0 Å². The molecule has 3 aromatic rings. The van der Waals surface area contributed by atoms with Crippen LogP contribution in [0.2, 0.25) is 5.02 Å². The number of rotatable bonds is 11. The monoisotopic (exact) mass is 563 g/mol. The number of para-hydroxylation sites is 1. The molecule has 1 aromatic carbocycles. The van der Waals surface area contributed by atoms with Gasteiger partial charge in [-0.05, 0) is 46.3 Å². The fourth-order valence-corrected chi connectivity index (χ4v) is 4.77. The molecule has 2 aromatic heterocycles. The van der Waals surface area contributed by atoms with Crippen LogP contribution in [0.15, 0.2) is 72.5 Å². The molecule has 2 heterocycles. The number of benzene rings is 1. The van der Waals surface area contributed by atoms with Gasteiger partial charge in [0.1, 0.15) is 10.8 Å². The van der Waals surface area contributed by atoms with Crippen molar-refractivity contribution in [2.24, 2.45) is 0 Å². The first-order valence-electron chi connectivity index (χ1n) is 12.8. The lowest BCUT2D eigenvalue weighted by atomic mass is 9.99. The van der Waals surface area contributed by atoms with Crippen LogP contribution in [0.1, 0.15) is 23.7 Å². The third kappa shape index (κ3) is 6.25. The molecular weight excluding hydrogens is 530 g/mol. The molecule has 0 aliphatic heterocycles. The number of hydrogen-bond donors (Lipinski definition) is 2. The first kappa shape index (κ1) is 29.0. The summed E-state index contributed by atoms with van der Waals surface area (Å²) in [6.07, 6.45) is 6.83. The third-order valence-corrected chi connectivity index (χ3v) is 7.03. The second-order valence-electron chi connectivity index (χ2n) is 9.81. The number of ether oxygens (including phenoxy) is 1. The van der Waals surface area contributed by atoms with Crippen LogP contribution < -0.4 is 10.6 Å². The number of anilines is 1. The molecule has 1 unspecified atom stereocenters. The van der Waals surface area contributed by atoms with Gasteiger partial charge in [0.2, 0.25) is 11.9 Å². The molecule has 10 nitrogen and oxygen atoms in total. The van der Waals surface area contributed by atoms with Gasteiger partial charge in [-0.25, -0.2) is 4.98 Å². The van der Waals surface area contributed by atoms with Gasteiger partial charge >= 0.3 is 0 Å². The average Bonchev–Trinajstić information content (AvgIpc) is 3.32. The summed E-state index contributed by atoms with van der Waals surface area (Å²) in [7, 11) is 7.66. The number of allylic oxidation sites excluding steroid dienone is 1. The first-order valence-corrected chi connectivity index (χ1v) is 13.2. The predicted molar refractivity (Wildman–Crippen MR) is 158 cm³/mol. The minimum absolute atomic E-state index is 0.0556. The van der Waals surface area contributed by atoms with Gasteiger partial charge in [0.05, 0.1) is 30.6 Å². The van der Waals surface area contributed by atoms with E-state index in [0.29, 0.717) is 40.0 Å². The molecule has 0 saturated carbocycles. The SMILES string of the molecule is C=CC(=O)NC1=CC(Nc2ncc(Cl)c(-n3cc(C(C)=O)c4ccccc43)n2)=C(OC)CC1N(C)CCN(C)C. The van der Waals surface area contributed by atoms with E-state index in [1.165, 1.54) is 19.2 Å². The second-order valence-corrected chi connectivity index (χ2v) is 10.2. The fraction of sp³-hybridized carbons (Fsp3) is 0.310. The van der Waals surface area contributed by atoms with Gasteiger partial charge in [0.15, 0.2) is 11.6 Å². The summed E-state index contributed by atoms with van der Waals surface area (Å²) < 4.78 is 7.55. The number of carbonyl (C=O) groups excluding carboxylic acids is 2. The molecular formula is C29H34ClN7O3. The van der Waals surface area contributed by atoms with Crippen LogP contribution in [0.4, 0.5) is 5.95 Å². The first-order chi connectivity index (χ1) is 19.1. The van der Waals surface area contributed by atoms with Gasteiger partial charge in [-0.15, -0.1) is 0 Å². The van der Waals surface area contributed by atoms with Crippen molar-refractivity contribution >= 4 is 40.1 Å². The molecule has 210 valence electrons. The van der Waals surface area contributed by atoms with Crippen LogP contribution in [0.5, 0.6) is 0 Å². The summed E-state index contributed by atoms with van der Waals surface area (Å²) in [6, 6.07) is 7.46. The summed E-state index contributed by atoms with van der Waals surface area (Å²) >= 11 is 6.55. The Morgan fingerprint density at radius 2 is 2.00 bits per heavy atom. The highest BCUT2D eigenvalue weighted by Gasteiger charge is 2.29. The van der Waals surface area contributed by atoms with Crippen molar-refractivity contribution in [1.82, 2.24) is 29.7 Å². The van der Waals surface area contributed by atoms with E-state index in [-0.39, 0.29) is 23.7 Å². The van der Waals surface area contributed by atoms with Gasteiger partial charge < -0.3 is 20.3 Å². The Balaban J connectivity index is 1.71. The Morgan fingerprint density at radius 3 is 2.67 bits per heavy atom. The molecule has 0 radical (unpaired) electrons. The minimum Gasteiger partial charge on any atom is -0.499 e. The molecule has 4 rings (SSSR count). The number of amides is 1. The fourth-order valence-electron chi connectivity index (χ4n) is 4.59. The number of nitrogens with zero attached hydrogens (tertiary/aromatic N) is 5. The van der Waals surface area contributed by atoms with Crippen molar-refractivity contribution in [3.8, 4) is 5.82 Å². The number of aromatic nitrogens is 3. The number of ketones is 1. The molecule has 0 saturated heterocycles. The number of likely N-dealkylation sites (N-methyl/N-ethyl adjacent to an activating group) is 2. The van der Waals surface area contributed by atoms with E-state index in [4.69, 9.17) is 21.3 Å². The zero-order valence-electron chi connectivity index (χ0n) is 23.4. The zero-order valence-corrected chi connectivity index (χ0v) is 24.1. The lowest BCUT2D eigenvalue weighted by molar-refractivity contribution is -0.116. The number of hydrogen-bond acceptors (Lipinski definition) is 8. The molecule has 1 atom stereocenters. The summed E-state index contributed by atoms with van der Waals surface area (Å²) in [5, 5.41) is 7.32. The molecule has 0 spiro atoms. The Kier molecular flexibility index (Phi) is 9.03. The Hall–Kier alpha value is -3.99. The highest BCUT2D eigenvalue weighted by atomic mass is 35.5. The van der Waals surface area contributed by atoms with Gasteiger partial charge in [-0.3, -0.25) is 19.1 Å². The van der Waals surface area contributed by atoms with Crippen molar-refractivity contribution in [1.29, 1.82) is 0 Å². The van der Waals surface area contributed by atoms with E-state index in [9.17, 15) is 9.59 Å². The van der Waals surface area contributed by atoms with Gasteiger partial charge in [0.25, 0.3) is 0 Å². The number of Topliss-reactive ketones (excluding diaryl/α,β-unsaturated/α-hetero) is 1. The summed E-state index contributed by atoms with van der Waals surface area (Å²) in [5.74, 6) is 1.02. The molecule has 0 bridgehead atoms. The van der Waals surface area contributed by atoms with Gasteiger partial charge in [-0.2, -0.15) is 4.98 Å². The van der Waals surface area contributed by atoms with Crippen LogP contribution in [0.3, 0.4) is 0 Å². The molecule has 1 aliphatic rings. The number of methoxy groups -OCH3 is 1. The van der Waals surface area contributed by atoms with Crippen molar-refractivity contribution < 1.29 is 14.3 Å². The van der Waals surface area contributed by atoms with Crippen LogP contribution in [-0.2, 0) is 9.53 Å². The normalized spacial score (nSPS) is 15.4. The van der Waals surface area contributed by atoms with E-state index in [1.54, 1.807) is 17.9 Å². The van der Waals surface area contributed by atoms with E-state index < -0.39 is 0 Å². The Morgan fingerprint density at radius 1 is 1.25 bits per heavy atom. The van der Waals surface area contributed by atoms with Gasteiger partial charge in [-0.1, -0.05) is 36.4 Å². The predicted octanol–water partition coefficient (Wildman–Crippen LogP) is 4.00. The average molecular weight is 564 g/mol.